The molecule has 1 aromatic carbocycles. The molecular formula is C10H7LiO. The fourth-order valence-corrected chi connectivity index (χ4v) is 1.61. The standard InChI is InChI=1S/C10H7O.Li/c11-10-7-3-5-8-4-1-2-6-9(8)10;/h1-5H,7H2;. The van der Waals surface area contributed by atoms with Crippen molar-refractivity contribution in [1.29, 1.82) is 0 Å². The van der Waals surface area contributed by atoms with Gasteiger partial charge < -0.3 is 0 Å². The van der Waals surface area contributed by atoms with Gasteiger partial charge in [-0.25, -0.2) is 0 Å². The van der Waals surface area contributed by atoms with Gasteiger partial charge in [0.25, 0.3) is 0 Å². The Hall–Kier alpha value is -0.773. The normalized spacial score (nSPS) is 14.7. The molecule has 0 aromatic heterocycles. The van der Waals surface area contributed by atoms with E-state index in [1.54, 1.807) is 0 Å². The van der Waals surface area contributed by atoms with E-state index >= 15 is 0 Å². The van der Waals surface area contributed by atoms with Gasteiger partial charge in [0.05, 0.1) is 0 Å². The van der Waals surface area contributed by atoms with Crippen molar-refractivity contribution in [3.05, 3.63) is 35.4 Å². The number of Topliss-reactive ketones (excluding diaryl/α,β-unsaturated/α-hetero) is 1. The van der Waals surface area contributed by atoms with Crippen LogP contribution in [-0.2, 0) is 0 Å². The predicted octanol–water partition coefficient (Wildman–Crippen LogP) is 1.08. The van der Waals surface area contributed by atoms with E-state index in [9.17, 15) is 4.79 Å². The molecule has 1 aliphatic carbocycles. The van der Waals surface area contributed by atoms with Crippen LogP contribution < -0.4 is 4.24 Å². The van der Waals surface area contributed by atoms with Crippen LogP contribution in [0.2, 0.25) is 0 Å². The van der Waals surface area contributed by atoms with Crippen molar-refractivity contribution in [1.82, 2.24) is 0 Å². The Kier molecular flexibility index (Phi) is 1.92. The third kappa shape index (κ3) is 1.16. The van der Waals surface area contributed by atoms with E-state index in [0.29, 0.717) is 6.42 Å². The Bertz CT molecular complexity index is 366. The quantitative estimate of drug-likeness (QED) is 0.506. The molecule has 0 spiro atoms. The molecule has 0 N–H and O–H groups in total. The predicted molar refractivity (Wildman–Crippen MR) is 49.8 cm³/mol. The second-order valence-electron chi connectivity index (χ2n) is 3.07. The van der Waals surface area contributed by atoms with Crippen molar-refractivity contribution in [3.8, 4) is 0 Å². The van der Waals surface area contributed by atoms with Gasteiger partial charge in [-0.15, -0.1) is 0 Å². The van der Waals surface area contributed by atoms with Crippen molar-refractivity contribution in [2.24, 2.45) is 0 Å². The summed E-state index contributed by atoms with van der Waals surface area (Å²) in [7, 11) is 0. The van der Waals surface area contributed by atoms with E-state index in [1.807, 2.05) is 48.1 Å². The number of hydrogen-bond acceptors (Lipinski definition) is 1. The molecule has 0 radical (unpaired) electrons. The zero-order chi connectivity index (χ0) is 8.55. The summed E-state index contributed by atoms with van der Waals surface area (Å²) in [5.74, 6) is 0.241. The van der Waals surface area contributed by atoms with E-state index < -0.39 is 0 Å². The second-order valence-corrected chi connectivity index (χ2v) is 3.07. The summed E-state index contributed by atoms with van der Waals surface area (Å²) in [5.41, 5.74) is 1.96. The Balaban J connectivity index is 2.70. The number of benzene rings is 1. The monoisotopic (exact) mass is 150 g/mol. The molecule has 1 aliphatic rings. The summed E-state index contributed by atoms with van der Waals surface area (Å²) in [6.45, 7) is 0. The van der Waals surface area contributed by atoms with Crippen molar-refractivity contribution in [3.63, 3.8) is 0 Å². The fraction of sp³-hybridized carbons (Fsp3) is 0.100. The van der Waals surface area contributed by atoms with Gasteiger partial charge >= 0.3 is 80.4 Å². The first-order chi connectivity index (χ1) is 5.79. The zero-order valence-corrected chi connectivity index (χ0v) is 7.00. The Morgan fingerprint density at radius 1 is 1.33 bits per heavy atom. The summed E-state index contributed by atoms with van der Waals surface area (Å²) >= 11 is 1.98. The van der Waals surface area contributed by atoms with Crippen molar-refractivity contribution in [2.45, 2.75) is 6.42 Å². The summed E-state index contributed by atoms with van der Waals surface area (Å²) < 4.78 is 1.09. The minimum absolute atomic E-state index is 0.241. The number of allylic oxidation sites excluding steroid dienone is 1. The van der Waals surface area contributed by atoms with Crippen LogP contribution >= 0.6 is 0 Å². The molecule has 0 saturated heterocycles. The second kappa shape index (κ2) is 2.93. The van der Waals surface area contributed by atoms with Gasteiger partial charge in [-0.2, -0.15) is 0 Å². The van der Waals surface area contributed by atoms with Crippen LogP contribution in [0.3, 0.4) is 0 Å². The average Bonchev–Trinajstić information content (AvgIpc) is 2.04. The SMILES string of the molecule is [Li][c]1cccc2c1C(=O)CC=C2. The summed E-state index contributed by atoms with van der Waals surface area (Å²) in [5, 5.41) is 0. The number of rotatable bonds is 0. The molecule has 0 fully saturated rings. The third-order valence-corrected chi connectivity index (χ3v) is 2.18. The first-order valence-corrected chi connectivity index (χ1v) is 4.08. The first-order valence-electron chi connectivity index (χ1n) is 4.08. The number of carbonyl (C=O) groups excluding carboxylic acids is 1. The zero-order valence-electron chi connectivity index (χ0n) is 7.00. The van der Waals surface area contributed by atoms with E-state index in [1.165, 1.54) is 0 Å². The van der Waals surface area contributed by atoms with E-state index in [0.717, 1.165) is 15.4 Å². The molecule has 2 rings (SSSR count). The maximum absolute atomic E-state index is 11.5. The molecule has 12 heavy (non-hydrogen) atoms. The molecule has 0 atom stereocenters. The van der Waals surface area contributed by atoms with Crippen molar-refractivity contribution >= 4 is 33.8 Å². The molecule has 0 amide bonds. The van der Waals surface area contributed by atoms with Gasteiger partial charge in [0.1, 0.15) is 0 Å². The van der Waals surface area contributed by atoms with E-state index in [-0.39, 0.29) is 5.78 Å². The Labute approximate surface area is 80.7 Å². The summed E-state index contributed by atoms with van der Waals surface area (Å²) in [4.78, 5) is 11.5. The number of ketones is 1. The molecule has 0 bridgehead atoms. The van der Waals surface area contributed by atoms with E-state index in [2.05, 4.69) is 0 Å². The van der Waals surface area contributed by atoms with Crippen LogP contribution in [0, 0.1) is 0 Å². The third-order valence-electron chi connectivity index (χ3n) is 2.18. The van der Waals surface area contributed by atoms with Crippen LogP contribution in [0.15, 0.2) is 24.3 Å². The van der Waals surface area contributed by atoms with Gasteiger partial charge in [-0.05, 0) is 0 Å². The molecule has 1 aromatic rings. The molecule has 0 saturated carbocycles. The minimum atomic E-state index is 0.241. The van der Waals surface area contributed by atoms with Crippen molar-refractivity contribution < 1.29 is 4.79 Å². The van der Waals surface area contributed by atoms with Gasteiger partial charge in [0.15, 0.2) is 0 Å². The molecule has 0 unspecified atom stereocenters. The van der Waals surface area contributed by atoms with E-state index in [4.69, 9.17) is 0 Å². The van der Waals surface area contributed by atoms with Gasteiger partial charge in [0, 0.05) is 0 Å². The summed E-state index contributed by atoms with van der Waals surface area (Å²) in [6.07, 6.45) is 4.49. The maximum atomic E-state index is 11.5. The molecule has 1 nitrogen and oxygen atoms in total. The Morgan fingerprint density at radius 2 is 2.17 bits per heavy atom. The average molecular weight is 150 g/mol. The van der Waals surface area contributed by atoms with Crippen LogP contribution in [0.25, 0.3) is 6.08 Å². The van der Waals surface area contributed by atoms with Crippen LogP contribution in [0.1, 0.15) is 22.3 Å². The van der Waals surface area contributed by atoms with Gasteiger partial charge in [-0.1, -0.05) is 0 Å². The molecule has 54 valence electrons. The number of hydrogen-bond donors (Lipinski definition) is 0. The topological polar surface area (TPSA) is 17.1 Å². The number of fused-ring (bicyclic) bond motifs is 1. The number of carbonyl (C=O) groups is 1. The van der Waals surface area contributed by atoms with Crippen LogP contribution in [0.4, 0.5) is 0 Å². The molecule has 2 heteroatoms. The molecular weight excluding hydrogens is 143 g/mol. The summed E-state index contributed by atoms with van der Waals surface area (Å²) in [6, 6.07) is 5.95. The van der Waals surface area contributed by atoms with Gasteiger partial charge in [0.2, 0.25) is 0 Å². The van der Waals surface area contributed by atoms with Crippen molar-refractivity contribution in [2.75, 3.05) is 0 Å². The van der Waals surface area contributed by atoms with Gasteiger partial charge in [-0.3, -0.25) is 0 Å². The fourth-order valence-electron chi connectivity index (χ4n) is 1.61. The Morgan fingerprint density at radius 3 is 2.92 bits per heavy atom. The molecule has 0 aliphatic heterocycles. The first kappa shape index (κ1) is 7.85. The molecule has 0 heterocycles. The van der Waals surface area contributed by atoms with Crippen LogP contribution in [-0.4, -0.2) is 23.5 Å². The van der Waals surface area contributed by atoms with Crippen LogP contribution in [0.5, 0.6) is 0 Å².